The van der Waals surface area contributed by atoms with Gasteiger partial charge >= 0.3 is 0 Å². The van der Waals surface area contributed by atoms with Crippen LogP contribution < -0.4 is 10.6 Å². The maximum Gasteiger partial charge on any atom is 0.223 e. The van der Waals surface area contributed by atoms with Gasteiger partial charge in [0.05, 0.1) is 22.4 Å². The van der Waals surface area contributed by atoms with E-state index >= 15 is 0 Å². The third-order valence-corrected chi connectivity index (χ3v) is 5.83. The van der Waals surface area contributed by atoms with Crippen molar-refractivity contribution in [3.63, 3.8) is 0 Å². The number of imidazole rings is 1. The van der Waals surface area contributed by atoms with E-state index in [2.05, 4.69) is 37.4 Å². The number of fused-ring (bicyclic) bond motifs is 2. The third-order valence-electron chi connectivity index (χ3n) is 5.83. The first-order valence-corrected chi connectivity index (χ1v) is 12.0. The molecule has 190 valence electrons. The molecule has 0 unspecified atom stereocenters. The van der Waals surface area contributed by atoms with E-state index in [9.17, 15) is 9.18 Å². The van der Waals surface area contributed by atoms with Gasteiger partial charge in [0.15, 0.2) is 11.5 Å². The molecule has 38 heavy (non-hydrogen) atoms. The first-order valence-electron chi connectivity index (χ1n) is 12.0. The van der Waals surface area contributed by atoms with Gasteiger partial charge in [-0.1, -0.05) is 13.5 Å². The predicted octanol–water partition coefficient (Wildman–Crippen LogP) is 5.21. The summed E-state index contributed by atoms with van der Waals surface area (Å²) < 4.78 is 13.5. The maximum atomic E-state index is 13.5. The van der Waals surface area contributed by atoms with Gasteiger partial charge in [0, 0.05) is 35.7 Å². The summed E-state index contributed by atoms with van der Waals surface area (Å²) in [7, 11) is 0. The van der Waals surface area contributed by atoms with Gasteiger partial charge in [0.1, 0.15) is 16.9 Å². The Hall–Kier alpha value is -5.12. The maximum absolute atomic E-state index is 13.5. The van der Waals surface area contributed by atoms with Gasteiger partial charge in [-0.2, -0.15) is 5.10 Å². The number of H-pyrrole nitrogens is 2. The van der Waals surface area contributed by atoms with Crippen LogP contribution in [0, 0.1) is 5.82 Å². The Balaban J connectivity index is 1.58. The number of halogens is 1. The second-order valence-corrected chi connectivity index (χ2v) is 8.51. The van der Waals surface area contributed by atoms with Gasteiger partial charge in [-0.25, -0.2) is 14.4 Å². The van der Waals surface area contributed by atoms with E-state index in [1.807, 2.05) is 31.2 Å². The molecular weight excluding hydrogens is 483 g/mol. The zero-order valence-corrected chi connectivity index (χ0v) is 20.8. The van der Waals surface area contributed by atoms with Crippen LogP contribution in [0.3, 0.4) is 0 Å². The zero-order valence-electron chi connectivity index (χ0n) is 20.8. The Labute approximate surface area is 217 Å². The number of carbonyl (C=O) groups excluding carboxylic acids is 1. The van der Waals surface area contributed by atoms with Crippen LogP contribution >= 0.6 is 0 Å². The summed E-state index contributed by atoms with van der Waals surface area (Å²) in [6, 6.07) is 11.7. The van der Waals surface area contributed by atoms with E-state index in [-0.39, 0.29) is 11.7 Å². The summed E-state index contributed by atoms with van der Waals surface area (Å²) in [6.45, 7) is 7.31. The number of rotatable bonds is 8. The van der Waals surface area contributed by atoms with Crippen molar-refractivity contribution in [2.45, 2.75) is 20.3 Å². The van der Waals surface area contributed by atoms with Crippen LogP contribution in [0.2, 0.25) is 0 Å². The van der Waals surface area contributed by atoms with Crippen LogP contribution in [0.5, 0.6) is 0 Å². The predicted molar refractivity (Wildman–Crippen MR) is 146 cm³/mol. The number of allylic oxidation sites excluding steroid dienone is 3. The molecule has 0 aliphatic carbocycles. The highest BCUT2D eigenvalue weighted by molar-refractivity contribution is 5.95. The van der Waals surface area contributed by atoms with Crippen molar-refractivity contribution < 1.29 is 9.18 Å². The topological polar surface area (TPSA) is 124 Å². The van der Waals surface area contributed by atoms with Crippen molar-refractivity contribution in [1.29, 1.82) is 0 Å². The Morgan fingerprint density at radius 3 is 2.61 bits per heavy atom. The Kier molecular flexibility index (Phi) is 6.77. The SMILES string of the molecule is C=CN/C=C(\C=C(/C)NC(=O)CC)c1ccc2[nH]nc(-c3nc4c(-c5ccc(F)cc5)nccc4[nH]3)c2n1. The minimum atomic E-state index is -0.317. The molecule has 5 rings (SSSR count). The average molecular weight is 509 g/mol. The van der Waals surface area contributed by atoms with Crippen molar-refractivity contribution >= 4 is 33.5 Å². The number of amides is 1. The van der Waals surface area contributed by atoms with Crippen molar-refractivity contribution in [3.8, 4) is 22.8 Å². The zero-order chi connectivity index (χ0) is 26.6. The second-order valence-electron chi connectivity index (χ2n) is 8.51. The number of hydrogen-bond donors (Lipinski definition) is 4. The molecular formula is C28H25FN8O. The van der Waals surface area contributed by atoms with E-state index in [1.54, 1.807) is 37.7 Å². The normalized spacial score (nSPS) is 12.2. The molecule has 4 N–H and O–H groups in total. The fourth-order valence-electron chi connectivity index (χ4n) is 4.01. The molecule has 0 saturated heterocycles. The average Bonchev–Trinajstić information content (AvgIpc) is 3.55. The van der Waals surface area contributed by atoms with Crippen LogP contribution in [0.1, 0.15) is 26.0 Å². The van der Waals surface area contributed by atoms with Gasteiger partial charge in [-0.15, -0.1) is 0 Å². The van der Waals surface area contributed by atoms with Crippen LogP contribution in [0.15, 0.2) is 79.4 Å². The number of nitrogens with one attached hydrogen (secondary N) is 4. The Morgan fingerprint density at radius 2 is 1.84 bits per heavy atom. The Morgan fingerprint density at radius 1 is 1.05 bits per heavy atom. The van der Waals surface area contributed by atoms with Crippen LogP contribution in [0.25, 0.3) is 50.4 Å². The van der Waals surface area contributed by atoms with Crippen molar-refractivity contribution in [3.05, 3.63) is 90.9 Å². The molecule has 10 heteroatoms. The number of pyridine rings is 2. The fraction of sp³-hybridized carbons (Fsp3) is 0.107. The highest BCUT2D eigenvalue weighted by atomic mass is 19.1. The first kappa shape index (κ1) is 24.6. The third kappa shape index (κ3) is 4.92. The molecule has 0 aliphatic heterocycles. The van der Waals surface area contributed by atoms with E-state index in [0.29, 0.717) is 46.1 Å². The van der Waals surface area contributed by atoms with Gasteiger partial charge < -0.3 is 15.6 Å². The minimum Gasteiger partial charge on any atom is -0.368 e. The van der Waals surface area contributed by atoms with Crippen LogP contribution in [0.4, 0.5) is 4.39 Å². The number of aromatic nitrogens is 6. The summed E-state index contributed by atoms with van der Waals surface area (Å²) in [5.74, 6) is 0.127. The van der Waals surface area contributed by atoms with Gasteiger partial charge in [0.2, 0.25) is 5.91 Å². The molecule has 4 heterocycles. The van der Waals surface area contributed by atoms with Crippen LogP contribution in [-0.2, 0) is 4.79 Å². The summed E-state index contributed by atoms with van der Waals surface area (Å²) in [5, 5.41) is 13.3. The monoisotopic (exact) mass is 508 g/mol. The largest absolute Gasteiger partial charge is 0.368 e. The first-order chi connectivity index (χ1) is 18.5. The molecule has 0 fully saturated rings. The van der Waals surface area contributed by atoms with E-state index in [4.69, 9.17) is 9.97 Å². The number of benzene rings is 1. The van der Waals surface area contributed by atoms with E-state index in [0.717, 1.165) is 22.2 Å². The molecule has 0 atom stereocenters. The molecule has 9 nitrogen and oxygen atoms in total. The highest BCUT2D eigenvalue weighted by Gasteiger charge is 2.17. The van der Waals surface area contributed by atoms with E-state index in [1.165, 1.54) is 12.1 Å². The molecule has 0 aliphatic rings. The number of nitrogens with zero attached hydrogens (tertiary/aromatic N) is 4. The second kappa shape index (κ2) is 10.5. The van der Waals surface area contributed by atoms with Crippen LogP contribution in [-0.4, -0.2) is 36.0 Å². The minimum absolute atomic E-state index is 0.0744. The lowest BCUT2D eigenvalue weighted by Gasteiger charge is -2.07. The Bertz CT molecular complexity index is 1710. The fourth-order valence-corrected chi connectivity index (χ4v) is 4.01. The van der Waals surface area contributed by atoms with Crippen molar-refractivity contribution in [1.82, 2.24) is 40.8 Å². The number of carbonyl (C=O) groups is 1. The molecule has 0 radical (unpaired) electrons. The molecule has 0 saturated carbocycles. The molecule has 1 aromatic carbocycles. The lowest BCUT2D eigenvalue weighted by Crippen LogP contribution is -2.19. The summed E-state index contributed by atoms with van der Waals surface area (Å²) in [4.78, 5) is 29.3. The number of hydrogen-bond acceptors (Lipinski definition) is 6. The summed E-state index contributed by atoms with van der Waals surface area (Å²) >= 11 is 0. The lowest BCUT2D eigenvalue weighted by molar-refractivity contribution is -0.120. The van der Waals surface area contributed by atoms with Gasteiger partial charge in [-0.3, -0.25) is 14.9 Å². The molecule has 5 aromatic rings. The smallest absolute Gasteiger partial charge is 0.223 e. The quantitative estimate of drug-likeness (QED) is 0.213. The molecule has 0 spiro atoms. The van der Waals surface area contributed by atoms with Gasteiger partial charge in [-0.05, 0) is 61.7 Å². The molecule has 4 aromatic heterocycles. The molecule has 1 amide bonds. The molecule has 0 bridgehead atoms. The van der Waals surface area contributed by atoms with Crippen molar-refractivity contribution in [2.75, 3.05) is 0 Å². The highest BCUT2D eigenvalue weighted by Crippen LogP contribution is 2.30. The van der Waals surface area contributed by atoms with Gasteiger partial charge in [0.25, 0.3) is 0 Å². The van der Waals surface area contributed by atoms with Crippen molar-refractivity contribution in [2.24, 2.45) is 0 Å². The summed E-state index contributed by atoms with van der Waals surface area (Å²) in [6.07, 6.45) is 7.20. The lowest BCUT2D eigenvalue weighted by atomic mass is 10.1. The number of aromatic amines is 2. The summed E-state index contributed by atoms with van der Waals surface area (Å²) in [5.41, 5.74) is 6.76. The standard InChI is InChI=1S/C28H25FN8O/c1-4-23(38)32-16(3)14-18(15-30-5-2)20-10-11-22-26(33-20)27(37-36-22)28-34-21-12-13-31-24(25(21)35-28)17-6-8-19(29)9-7-17/h5-15,30H,2,4H2,1,3H3,(H,32,38)(H,34,35)(H,36,37)/b16-14+,18-15+. The van der Waals surface area contributed by atoms with E-state index < -0.39 is 0 Å².